The van der Waals surface area contributed by atoms with E-state index < -0.39 is 0 Å². The Hall–Kier alpha value is -2.43. The number of nitrogens with zero attached hydrogens (tertiary/aromatic N) is 4. The van der Waals surface area contributed by atoms with Gasteiger partial charge >= 0.3 is 0 Å². The maximum Gasteiger partial charge on any atom is 0.243 e. The first-order chi connectivity index (χ1) is 9.22. The van der Waals surface area contributed by atoms with Gasteiger partial charge in [-0.25, -0.2) is 4.52 Å². The molecule has 0 bridgehead atoms. The summed E-state index contributed by atoms with van der Waals surface area (Å²) in [7, 11) is 0. The molecule has 0 aliphatic rings. The van der Waals surface area contributed by atoms with E-state index in [1.807, 2.05) is 43.6 Å². The van der Waals surface area contributed by atoms with E-state index >= 15 is 0 Å². The van der Waals surface area contributed by atoms with Crippen LogP contribution in [-0.2, 0) is 0 Å². The van der Waals surface area contributed by atoms with Crippen molar-refractivity contribution in [2.45, 2.75) is 19.9 Å². The SMILES string of the molecule is Cc1ccn2nc(NC(C)c3cccnc3)nc2c1. The van der Waals surface area contributed by atoms with Gasteiger partial charge in [0.15, 0.2) is 5.65 Å². The summed E-state index contributed by atoms with van der Waals surface area (Å²) in [5.41, 5.74) is 3.13. The maximum absolute atomic E-state index is 4.46. The first kappa shape index (κ1) is 11.6. The van der Waals surface area contributed by atoms with Crippen molar-refractivity contribution in [3.8, 4) is 0 Å². The Balaban J connectivity index is 1.85. The van der Waals surface area contributed by atoms with Crippen molar-refractivity contribution in [3.05, 3.63) is 54.0 Å². The summed E-state index contributed by atoms with van der Waals surface area (Å²) in [4.78, 5) is 8.58. The van der Waals surface area contributed by atoms with Crippen molar-refractivity contribution in [3.63, 3.8) is 0 Å². The normalized spacial score (nSPS) is 12.5. The average Bonchev–Trinajstić information content (AvgIpc) is 2.81. The summed E-state index contributed by atoms with van der Waals surface area (Å²) >= 11 is 0. The quantitative estimate of drug-likeness (QED) is 0.779. The molecule has 0 spiro atoms. The third-order valence-electron chi connectivity index (χ3n) is 3.02. The van der Waals surface area contributed by atoms with Crippen LogP contribution in [0.25, 0.3) is 5.65 Å². The van der Waals surface area contributed by atoms with E-state index in [1.54, 1.807) is 10.7 Å². The molecule has 3 aromatic rings. The molecule has 0 amide bonds. The van der Waals surface area contributed by atoms with E-state index in [1.165, 1.54) is 5.56 Å². The predicted octanol–water partition coefficient (Wildman–Crippen LogP) is 2.61. The number of aromatic nitrogens is 4. The Bertz CT molecular complexity index is 689. The lowest BCUT2D eigenvalue weighted by atomic mass is 10.1. The van der Waals surface area contributed by atoms with E-state index in [2.05, 4.69) is 27.3 Å². The Kier molecular flexibility index (Phi) is 2.87. The highest BCUT2D eigenvalue weighted by Gasteiger charge is 2.09. The molecule has 5 heteroatoms. The molecule has 3 rings (SSSR count). The zero-order chi connectivity index (χ0) is 13.2. The van der Waals surface area contributed by atoms with Crippen molar-refractivity contribution in [2.24, 2.45) is 0 Å². The lowest BCUT2D eigenvalue weighted by Crippen LogP contribution is -2.08. The van der Waals surface area contributed by atoms with Crippen molar-refractivity contribution in [2.75, 3.05) is 5.32 Å². The van der Waals surface area contributed by atoms with Crippen molar-refractivity contribution in [1.29, 1.82) is 0 Å². The van der Waals surface area contributed by atoms with Gasteiger partial charge in [0.05, 0.1) is 6.04 Å². The van der Waals surface area contributed by atoms with Crippen molar-refractivity contribution in [1.82, 2.24) is 19.6 Å². The number of fused-ring (bicyclic) bond motifs is 1. The van der Waals surface area contributed by atoms with E-state index in [0.29, 0.717) is 5.95 Å². The van der Waals surface area contributed by atoms with Crippen LogP contribution in [0.15, 0.2) is 42.9 Å². The summed E-state index contributed by atoms with van der Waals surface area (Å²) in [5, 5.41) is 7.68. The summed E-state index contributed by atoms with van der Waals surface area (Å²) in [5.74, 6) is 0.627. The van der Waals surface area contributed by atoms with Crippen LogP contribution in [0.1, 0.15) is 24.1 Å². The minimum absolute atomic E-state index is 0.118. The third kappa shape index (κ3) is 2.40. The highest BCUT2D eigenvalue weighted by Crippen LogP contribution is 2.16. The molecule has 19 heavy (non-hydrogen) atoms. The lowest BCUT2D eigenvalue weighted by molar-refractivity contribution is 0.846. The first-order valence-corrected chi connectivity index (χ1v) is 6.22. The number of anilines is 1. The van der Waals surface area contributed by atoms with Crippen LogP contribution < -0.4 is 5.32 Å². The van der Waals surface area contributed by atoms with Crippen LogP contribution in [0.4, 0.5) is 5.95 Å². The number of aryl methyl sites for hydroxylation is 1. The molecule has 3 heterocycles. The monoisotopic (exact) mass is 253 g/mol. The molecular formula is C14H15N5. The maximum atomic E-state index is 4.46. The molecule has 1 unspecified atom stereocenters. The molecular weight excluding hydrogens is 238 g/mol. The topological polar surface area (TPSA) is 55.1 Å². The van der Waals surface area contributed by atoms with Gasteiger partial charge in [0.1, 0.15) is 0 Å². The molecule has 0 saturated heterocycles. The summed E-state index contributed by atoms with van der Waals surface area (Å²) in [6, 6.07) is 8.09. The second-order valence-electron chi connectivity index (χ2n) is 4.59. The molecule has 0 saturated carbocycles. The Morgan fingerprint density at radius 3 is 3.00 bits per heavy atom. The standard InChI is InChI=1S/C14H15N5/c1-10-5-7-19-13(8-10)17-14(18-19)16-11(2)12-4-3-6-15-9-12/h3-9,11H,1-2H3,(H,16,18). The van der Waals surface area contributed by atoms with Gasteiger partial charge in [-0.2, -0.15) is 4.98 Å². The fraction of sp³-hybridized carbons (Fsp3) is 0.214. The zero-order valence-electron chi connectivity index (χ0n) is 10.9. The minimum atomic E-state index is 0.118. The van der Waals surface area contributed by atoms with Crippen LogP contribution in [0.3, 0.4) is 0 Å². The van der Waals surface area contributed by atoms with Gasteiger partial charge in [-0.3, -0.25) is 4.98 Å². The summed E-state index contributed by atoms with van der Waals surface area (Å²) in [6.45, 7) is 4.11. The largest absolute Gasteiger partial charge is 0.346 e. The lowest BCUT2D eigenvalue weighted by Gasteiger charge is -2.11. The second-order valence-corrected chi connectivity index (χ2v) is 4.59. The van der Waals surface area contributed by atoms with Gasteiger partial charge in [0.25, 0.3) is 0 Å². The van der Waals surface area contributed by atoms with Gasteiger partial charge in [-0.05, 0) is 43.2 Å². The molecule has 0 fully saturated rings. The molecule has 0 radical (unpaired) electrons. The van der Waals surface area contributed by atoms with Gasteiger partial charge in [0.2, 0.25) is 5.95 Å². The number of pyridine rings is 2. The first-order valence-electron chi connectivity index (χ1n) is 6.22. The van der Waals surface area contributed by atoms with Gasteiger partial charge in [-0.1, -0.05) is 6.07 Å². The van der Waals surface area contributed by atoms with Crippen LogP contribution in [-0.4, -0.2) is 19.6 Å². The number of hydrogen-bond acceptors (Lipinski definition) is 4. The Labute approximate surface area is 111 Å². The Morgan fingerprint density at radius 2 is 2.21 bits per heavy atom. The summed E-state index contributed by atoms with van der Waals surface area (Å²) in [6.07, 6.45) is 5.53. The number of rotatable bonds is 3. The van der Waals surface area contributed by atoms with E-state index in [9.17, 15) is 0 Å². The van der Waals surface area contributed by atoms with Gasteiger partial charge < -0.3 is 5.32 Å². The smallest absolute Gasteiger partial charge is 0.243 e. The van der Waals surface area contributed by atoms with Gasteiger partial charge in [0, 0.05) is 18.6 Å². The van der Waals surface area contributed by atoms with E-state index in [4.69, 9.17) is 0 Å². The van der Waals surface area contributed by atoms with Crippen LogP contribution in [0.2, 0.25) is 0 Å². The fourth-order valence-corrected chi connectivity index (χ4v) is 1.95. The molecule has 1 atom stereocenters. The average molecular weight is 253 g/mol. The van der Waals surface area contributed by atoms with E-state index in [0.717, 1.165) is 11.2 Å². The molecule has 0 aliphatic heterocycles. The molecule has 5 nitrogen and oxygen atoms in total. The predicted molar refractivity (Wildman–Crippen MR) is 74.0 cm³/mol. The van der Waals surface area contributed by atoms with Crippen molar-refractivity contribution >= 4 is 11.6 Å². The van der Waals surface area contributed by atoms with Crippen LogP contribution in [0.5, 0.6) is 0 Å². The summed E-state index contributed by atoms with van der Waals surface area (Å²) < 4.78 is 1.77. The van der Waals surface area contributed by atoms with Crippen LogP contribution in [0, 0.1) is 6.92 Å². The molecule has 0 aliphatic carbocycles. The number of hydrogen-bond donors (Lipinski definition) is 1. The molecule has 0 aromatic carbocycles. The van der Waals surface area contributed by atoms with Gasteiger partial charge in [-0.15, -0.1) is 5.10 Å². The molecule has 1 N–H and O–H groups in total. The van der Waals surface area contributed by atoms with Crippen molar-refractivity contribution < 1.29 is 0 Å². The van der Waals surface area contributed by atoms with E-state index in [-0.39, 0.29) is 6.04 Å². The molecule has 3 aromatic heterocycles. The second kappa shape index (κ2) is 4.68. The fourth-order valence-electron chi connectivity index (χ4n) is 1.95. The minimum Gasteiger partial charge on any atom is -0.346 e. The number of nitrogens with one attached hydrogen (secondary N) is 1. The van der Waals surface area contributed by atoms with Crippen LogP contribution >= 0.6 is 0 Å². The third-order valence-corrected chi connectivity index (χ3v) is 3.02. The highest BCUT2D eigenvalue weighted by atomic mass is 15.3. The Morgan fingerprint density at radius 1 is 1.32 bits per heavy atom. The molecule has 96 valence electrons. The zero-order valence-corrected chi connectivity index (χ0v) is 10.9. The highest BCUT2D eigenvalue weighted by molar-refractivity contribution is 5.45.